The second kappa shape index (κ2) is 10.4. The SMILES string of the molecule is CC(C)n1c(=O)c(-c2ccc(NS(=O)(=O)CC3CCC3(F)F)c(F)c2)cc2cnc(NC3CCCCC3)nc21. The summed E-state index contributed by atoms with van der Waals surface area (Å²) in [6.45, 7) is 3.70. The minimum absolute atomic E-state index is 0.0985. The Morgan fingerprint density at radius 1 is 1.13 bits per heavy atom. The summed E-state index contributed by atoms with van der Waals surface area (Å²) in [6.07, 6.45) is 6.99. The van der Waals surface area contributed by atoms with Crippen molar-refractivity contribution in [2.24, 2.45) is 5.92 Å². The summed E-state index contributed by atoms with van der Waals surface area (Å²) in [6, 6.07) is 5.31. The van der Waals surface area contributed by atoms with E-state index in [2.05, 4.69) is 20.0 Å². The van der Waals surface area contributed by atoms with Gasteiger partial charge in [-0.2, -0.15) is 4.98 Å². The highest BCUT2D eigenvalue weighted by molar-refractivity contribution is 7.92. The zero-order valence-corrected chi connectivity index (χ0v) is 22.7. The first kappa shape index (κ1) is 27.4. The van der Waals surface area contributed by atoms with Gasteiger partial charge in [-0.15, -0.1) is 0 Å². The highest BCUT2D eigenvalue weighted by Crippen LogP contribution is 2.44. The van der Waals surface area contributed by atoms with E-state index in [-0.39, 0.29) is 41.3 Å². The number of aromatic nitrogens is 3. The largest absolute Gasteiger partial charge is 0.351 e. The molecule has 2 saturated carbocycles. The van der Waals surface area contributed by atoms with E-state index in [1.807, 2.05) is 13.8 Å². The second-order valence-electron chi connectivity index (χ2n) is 10.9. The smallest absolute Gasteiger partial charge is 0.260 e. The number of fused-ring (bicyclic) bond motifs is 1. The quantitative estimate of drug-likeness (QED) is 0.364. The number of halogens is 3. The summed E-state index contributed by atoms with van der Waals surface area (Å²) in [5, 5.41) is 3.97. The molecule has 0 saturated heterocycles. The number of anilines is 2. The molecule has 210 valence electrons. The van der Waals surface area contributed by atoms with Crippen LogP contribution in [-0.2, 0) is 10.0 Å². The van der Waals surface area contributed by atoms with Crippen LogP contribution in [0.25, 0.3) is 22.2 Å². The Morgan fingerprint density at radius 3 is 2.49 bits per heavy atom. The van der Waals surface area contributed by atoms with Crippen molar-refractivity contribution in [3.8, 4) is 11.1 Å². The molecule has 2 aromatic heterocycles. The molecule has 2 aliphatic rings. The lowest BCUT2D eigenvalue weighted by Crippen LogP contribution is -2.43. The molecule has 0 radical (unpaired) electrons. The van der Waals surface area contributed by atoms with Crippen LogP contribution in [-0.4, -0.2) is 40.7 Å². The molecule has 0 spiro atoms. The molecule has 39 heavy (non-hydrogen) atoms. The zero-order valence-electron chi connectivity index (χ0n) is 21.9. The third-order valence-corrected chi connectivity index (χ3v) is 8.99. The zero-order chi connectivity index (χ0) is 27.9. The van der Waals surface area contributed by atoms with E-state index in [9.17, 15) is 22.0 Å². The predicted octanol–water partition coefficient (Wildman–Crippen LogP) is 5.71. The van der Waals surface area contributed by atoms with Gasteiger partial charge >= 0.3 is 0 Å². The van der Waals surface area contributed by atoms with Gasteiger partial charge in [0.05, 0.1) is 11.4 Å². The Bertz CT molecular complexity index is 1550. The molecular formula is C27H32F3N5O3S. The lowest BCUT2D eigenvalue weighted by molar-refractivity contribution is -0.122. The highest BCUT2D eigenvalue weighted by Gasteiger charge is 2.50. The molecule has 8 nitrogen and oxygen atoms in total. The minimum Gasteiger partial charge on any atom is -0.351 e. The molecule has 2 heterocycles. The van der Waals surface area contributed by atoms with Gasteiger partial charge in [-0.1, -0.05) is 25.3 Å². The minimum atomic E-state index is -4.19. The lowest BCUT2D eigenvalue weighted by Gasteiger charge is -2.35. The van der Waals surface area contributed by atoms with Gasteiger partial charge in [0.1, 0.15) is 11.5 Å². The molecule has 1 unspecified atom stereocenters. The van der Waals surface area contributed by atoms with Crippen LogP contribution in [0.1, 0.15) is 64.8 Å². The molecule has 5 rings (SSSR count). The number of sulfonamides is 1. The summed E-state index contributed by atoms with van der Waals surface area (Å²) >= 11 is 0. The van der Waals surface area contributed by atoms with Crippen LogP contribution in [0.3, 0.4) is 0 Å². The first-order chi connectivity index (χ1) is 18.4. The average molecular weight is 564 g/mol. The van der Waals surface area contributed by atoms with Crippen molar-refractivity contribution < 1.29 is 21.6 Å². The van der Waals surface area contributed by atoms with Gasteiger partial charge in [0.2, 0.25) is 16.0 Å². The Hall–Kier alpha value is -3.15. The predicted molar refractivity (Wildman–Crippen MR) is 145 cm³/mol. The second-order valence-corrected chi connectivity index (χ2v) is 12.6. The van der Waals surface area contributed by atoms with Gasteiger partial charge in [-0.3, -0.25) is 14.1 Å². The summed E-state index contributed by atoms with van der Waals surface area (Å²) in [5.41, 5.74) is 0.166. The number of alkyl halides is 2. The Kier molecular flexibility index (Phi) is 7.34. The first-order valence-corrected chi connectivity index (χ1v) is 15.0. The van der Waals surface area contributed by atoms with Crippen molar-refractivity contribution in [2.45, 2.75) is 76.8 Å². The number of nitrogens with zero attached hydrogens (tertiary/aromatic N) is 3. The van der Waals surface area contributed by atoms with Crippen LogP contribution in [0, 0.1) is 11.7 Å². The van der Waals surface area contributed by atoms with Crippen LogP contribution in [0.2, 0.25) is 0 Å². The average Bonchev–Trinajstić information content (AvgIpc) is 2.88. The summed E-state index contributed by atoms with van der Waals surface area (Å²) in [7, 11) is -4.19. The lowest BCUT2D eigenvalue weighted by atomic mass is 9.82. The van der Waals surface area contributed by atoms with E-state index in [0.29, 0.717) is 23.0 Å². The maximum Gasteiger partial charge on any atom is 0.260 e. The van der Waals surface area contributed by atoms with Crippen LogP contribution in [0.15, 0.2) is 35.3 Å². The fraction of sp³-hybridized carbons (Fsp3) is 0.519. The summed E-state index contributed by atoms with van der Waals surface area (Å²) in [5.74, 6) is -5.57. The first-order valence-electron chi connectivity index (χ1n) is 13.3. The van der Waals surface area contributed by atoms with Crippen LogP contribution < -0.4 is 15.6 Å². The third-order valence-electron chi connectivity index (χ3n) is 7.62. The van der Waals surface area contributed by atoms with E-state index in [1.54, 1.807) is 12.3 Å². The fourth-order valence-corrected chi connectivity index (χ4v) is 6.84. The standard InChI is InChI=1S/C27H32F3N5O3S/c1-16(2)35-24-18(14-31-26(33-24)32-20-6-4-3-5-7-20)12-21(25(35)36)17-8-9-23(22(28)13-17)34-39(37,38)15-19-10-11-27(19,29)30/h8-9,12-14,16,19-20,34H,3-7,10-11,15H2,1-2H3,(H,31,32,33). The normalized spacial score (nSPS) is 19.7. The van der Waals surface area contributed by atoms with Gasteiger partial charge in [-0.25, -0.2) is 26.6 Å². The van der Waals surface area contributed by atoms with Gasteiger partial charge in [0.15, 0.2) is 0 Å². The van der Waals surface area contributed by atoms with E-state index in [4.69, 9.17) is 0 Å². The molecule has 1 aromatic carbocycles. The molecule has 3 aromatic rings. The molecule has 12 heteroatoms. The Morgan fingerprint density at radius 2 is 1.87 bits per heavy atom. The number of hydrogen-bond acceptors (Lipinski definition) is 6. The van der Waals surface area contributed by atoms with Crippen LogP contribution in [0.5, 0.6) is 0 Å². The van der Waals surface area contributed by atoms with Crippen molar-refractivity contribution in [3.05, 3.63) is 46.6 Å². The number of nitrogens with one attached hydrogen (secondary N) is 2. The van der Waals surface area contributed by atoms with E-state index < -0.39 is 33.4 Å². The van der Waals surface area contributed by atoms with Gasteiger partial charge in [0, 0.05) is 41.6 Å². The van der Waals surface area contributed by atoms with Crippen molar-refractivity contribution in [1.29, 1.82) is 0 Å². The molecule has 0 bridgehead atoms. The van der Waals surface area contributed by atoms with Gasteiger partial charge in [0.25, 0.3) is 11.5 Å². The van der Waals surface area contributed by atoms with Crippen LogP contribution in [0.4, 0.5) is 24.8 Å². The molecular weight excluding hydrogens is 531 g/mol. The van der Waals surface area contributed by atoms with E-state index >= 15 is 4.39 Å². The van der Waals surface area contributed by atoms with Crippen molar-refractivity contribution in [2.75, 3.05) is 15.8 Å². The molecule has 0 amide bonds. The third kappa shape index (κ3) is 5.75. The molecule has 2 fully saturated rings. The number of rotatable bonds is 8. The van der Waals surface area contributed by atoms with E-state index in [0.717, 1.165) is 31.7 Å². The summed E-state index contributed by atoms with van der Waals surface area (Å²) < 4.78 is 70.5. The monoisotopic (exact) mass is 563 g/mol. The Balaban J connectivity index is 1.44. The summed E-state index contributed by atoms with van der Waals surface area (Å²) in [4.78, 5) is 22.6. The van der Waals surface area contributed by atoms with Gasteiger partial charge in [-0.05, 0) is 56.9 Å². The molecule has 1 atom stereocenters. The highest BCUT2D eigenvalue weighted by atomic mass is 32.2. The van der Waals surface area contributed by atoms with Crippen LogP contribution >= 0.6 is 0 Å². The van der Waals surface area contributed by atoms with Gasteiger partial charge < -0.3 is 5.32 Å². The topological polar surface area (TPSA) is 106 Å². The molecule has 2 N–H and O–H groups in total. The number of benzene rings is 1. The Labute approximate surface area is 225 Å². The molecule has 2 aliphatic carbocycles. The number of hydrogen-bond donors (Lipinski definition) is 2. The molecule has 0 aliphatic heterocycles. The van der Waals surface area contributed by atoms with Crippen molar-refractivity contribution in [3.63, 3.8) is 0 Å². The maximum absolute atomic E-state index is 15.0. The number of pyridine rings is 1. The van der Waals surface area contributed by atoms with Crippen molar-refractivity contribution in [1.82, 2.24) is 14.5 Å². The van der Waals surface area contributed by atoms with Crippen molar-refractivity contribution >= 4 is 32.7 Å². The fourth-order valence-electron chi connectivity index (χ4n) is 5.32. The van der Waals surface area contributed by atoms with E-state index in [1.165, 1.54) is 23.1 Å². The maximum atomic E-state index is 15.0.